The first-order valence-electron chi connectivity index (χ1n) is 7.22. The number of nitrogens with one attached hydrogen (secondary N) is 1. The smallest absolute Gasteiger partial charge is 0.203 e. The van der Waals surface area contributed by atoms with Gasteiger partial charge in [0.05, 0.1) is 27.4 Å². The van der Waals surface area contributed by atoms with Crippen LogP contribution in [-0.4, -0.2) is 40.6 Å². The fraction of sp³-hybridized carbons (Fsp3) is 0.625. The minimum atomic E-state index is 0.154. The molecule has 0 radical (unpaired) electrons. The van der Waals surface area contributed by atoms with E-state index in [1.165, 1.54) is 0 Å². The summed E-state index contributed by atoms with van der Waals surface area (Å²) in [5.41, 5.74) is 1.08. The summed E-state index contributed by atoms with van der Waals surface area (Å²) in [6.07, 6.45) is 0.180. The molecular formula is C16H27NO4. The molecule has 0 aliphatic heterocycles. The lowest BCUT2D eigenvalue weighted by molar-refractivity contribution is 0.0743. The standard InChI is InChI=1S/C16H27NO4/c1-7-21-11(2)10-17-12(3)13-8-14(18-4)16(20-6)15(9-13)19-5/h8-9,11-12,17H,7,10H2,1-6H3. The molecule has 0 aliphatic rings. The van der Waals surface area contributed by atoms with Crippen molar-refractivity contribution in [2.24, 2.45) is 0 Å². The Morgan fingerprint density at radius 1 is 1.00 bits per heavy atom. The number of rotatable bonds is 9. The summed E-state index contributed by atoms with van der Waals surface area (Å²) in [6.45, 7) is 7.66. The van der Waals surface area contributed by atoms with Gasteiger partial charge in [0, 0.05) is 19.2 Å². The van der Waals surface area contributed by atoms with E-state index in [9.17, 15) is 0 Å². The summed E-state index contributed by atoms with van der Waals surface area (Å²) in [4.78, 5) is 0. The van der Waals surface area contributed by atoms with Crippen molar-refractivity contribution in [2.45, 2.75) is 32.9 Å². The monoisotopic (exact) mass is 297 g/mol. The Balaban J connectivity index is 2.86. The molecule has 1 aromatic carbocycles. The predicted molar refractivity (Wildman–Crippen MR) is 83.6 cm³/mol. The Morgan fingerprint density at radius 2 is 1.57 bits per heavy atom. The summed E-state index contributed by atoms with van der Waals surface area (Å²) < 4.78 is 21.6. The van der Waals surface area contributed by atoms with Crippen LogP contribution in [0, 0.1) is 0 Å². The second kappa shape index (κ2) is 8.74. The summed E-state index contributed by atoms with van der Waals surface area (Å²) in [6, 6.07) is 4.08. The van der Waals surface area contributed by atoms with Gasteiger partial charge in [-0.1, -0.05) is 0 Å². The lowest BCUT2D eigenvalue weighted by atomic mass is 10.1. The van der Waals surface area contributed by atoms with Gasteiger partial charge in [-0.15, -0.1) is 0 Å². The molecule has 2 unspecified atom stereocenters. The zero-order valence-electron chi connectivity index (χ0n) is 13.9. The number of hydrogen-bond donors (Lipinski definition) is 1. The van der Waals surface area contributed by atoms with Crippen LogP contribution in [-0.2, 0) is 4.74 Å². The van der Waals surface area contributed by atoms with Gasteiger partial charge in [-0.05, 0) is 38.5 Å². The van der Waals surface area contributed by atoms with E-state index in [4.69, 9.17) is 18.9 Å². The summed E-state index contributed by atoms with van der Waals surface area (Å²) in [7, 11) is 4.85. The number of ether oxygens (including phenoxy) is 4. The first-order chi connectivity index (χ1) is 10.1. The third-order valence-corrected chi connectivity index (χ3v) is 3.35. The number of methoxy groups -OCH3 is 3. The molecule has 5 nitrogen and oxygen atoms in total. The van der Waals surface area contributed by atoms with Crippen LogP contribution in [0.15, 0.2) is 12.1 Å². The van der Waals surface area contributed by atoms with Gasteiger partial charge in [0.2, 0.25) is 5.75 Å². The molecule has 0 saturated heterocycles. The molecule has 1 rings (SSSR count). The molecule has 2 atom stereocenters. The van der Waals surface area contributed by atoms with Crippen LogP contribution in [0.4, 0.5) is 0 Å². The fourth-order valence-corrected chi connectivity index (χ4v) is 2.16. The minimum absolute atomic E-state index is 0.154. The van der Waals surface area contributed by atoms with Gasteiger partial charge in [-0.25, -0.2) is 0 Å². The molecule has 0 amide bonds. The highest BCUT2D eigenvalue weighted by Crippen LogP contribution is 2.39. The van der Waals surface area contributed by atoms with Crippen LogP contribution in [0.25, 0.3) is 0 Å². The molecule has 0 bridgehead atoms. The van der Waals surface area contributed by atoms with Crippen LogP contribution in [0.5, 0.6) is 17.2 Å². The maximum Gasteiger partial charge on any atom is 0.203 e. The zero-order valence-corrected chi connectivity index (χ0v) is 13.9. The number of benzene rings is 1. The van der Waals surface area contributed by atoms with Gasteiger partial charge in [-0.3, -0.25) is 0 Å². The molecule has 0 heterocycles. The van der Waals surface area contributed by atoms with Crippen LogP contribution < -0.4 is 19.5 Å². The normalized spacial score (nSPS) is 13.6. The Kier molecular flexibility index (Phi) is 7.32. The van der Waals surface area contributed by atoms with E-state index in [0.29, 0.717) is 17.2 Å². The first-order valence-corrected chi connectivity index (χ1v) is 7.22. The topological polar surface area (TPSA) is 49.0 Å². The molecule has 21 heavy (non-hydrogen) atoms. The molecule has 0 saturated carbocycles. The quantitative estimate of drug-likeness (QED) is 0.759. The summed E-state index contributed by atoms with van der Waals surface area (Å²) in [5, 5.41) is 3.45. The SMILES string of the molecule is CCOC(C)CNC(C)c1cc(OC)c(OC)c(OC)c1. The molecule has 0 aromatic heterocycles. The van der Waals surface area contributed by atoms with Gasteiger partial charge in [0.1, 0.15) is 0 Å². The van der Waals surface area contributed by atoms with Crippen molar-refractivity contribution >= 4 is 0 Å². The Bertz CT molecular complexity index is 411. The van der Waals surface area contributed by atoms with Crippen molar-refractivity contribution in [1.29, 1.82) is 0 Å². The van der Waals surface area contributed by atoms with E-state index in [1.54, 1.807) is 21.3 Å². The zero-order chi connectivity index (χ0) is 15.8. The van der Waals surface area contributed by atoms with E-state index in [1.807, 2.05) is 19.1 Å². The summed E-state index contributed by atoms with van der Waals surface area (Å²) in [5.74, 6) is 1.94. The van der Waals surface area contributed by atoms with Crippen molar-refractivity contribution in [3.63, 3.8) is 0 Å². The number of hydrogen-bond acceptors (Lipinski definition) is 5. The van der Waals surface area contributed by atoms with E-state index in [-0.39, 0.29) is 12.1 Å². The third-order valence-electron chi connectivity index (χ3n) is 3.35. The van der Waals surface area contributed by atoms with Crippen molar-refractivity contribution in [3.8, 4) is 17.2 Å². The molecular weight excluding hydrogens is 270 g/mol. The van der Waals surface area contributed by atoms with Crippen molar-refractivity contribution in [2.75, 3.05) is 34.5 Å². The maximum absolute atomic E-state index is 5.52. The highest BCUT2D eigenvalue weighted by Gasteiger charge is 2.16. The van der Waals surface area contributed by atoms with Crippen LogP contribution in [0.1, 0.15) is 32.4 Å². The van der Waals surface area contributed by atoms with Crippen LogP contribution in [0.2, 0.25) is 0 Å². The second-order valence-corrected chi connectivity index (χ2v) is 4.85. The second-order valence-electron chi connectivity index (χ2n) is 4.85. The fourth-order valence-electron chi connectivity index (χ4n) is 2.16. The third kappa shape index (κ3) is 4.79. The van der Waals surface area contributed by atoms with E-state index in [0.717, 1.165) is 18.7 Å². The molecule has 0 aliphatic carbocycles. The van der Waals surface area contributed by atoms with E-state index < -0.39 is 0 Å². The predicted octanol–water partition coefficient (Wildman–Crippen LogP) is 2.79. The van der Waals surface area contributed by atoms with Crippen LogP contribution >= 0.6 is 0 Å². The van der Waals surface area contributed by atoms with Gasteiger partial charge >= 0.3 is 0 Å². The molecule has 1 N–H and O–H groups in total. The lowest BCUT2D eigenvalue weighted by Gasteiger charge is -2.20. The molecule has 0 spiro atoms. The Hall–Kier alpha value is -1.46. The van der Waals surface area contributed by atoms with Gasteiger partial charge in [-0.2, -0.15) is 0 Å². The average molecular weight is 297 g/mol. The molecule has 1 aromatic rings. The highest BCUT2D eigenvalue weighted by atomic mass is 16.5. The van der Waals surface area contributed by atoms with Crippen molar-refractivity contribution < 1.29 is 18.9 Å². The van der Waals surface area contributed by atoms with Gasteiger partial charge in [0.25, 0.3) is 0 Å². The van der Waals surface area contributed by atoms with Gasteiger partial charge < -0.3 is 24.3 Å². The van der Waals surface area contributed by atoms with Crippen molar-refractivity contribution in [3.05, 3.63) is 17.7 Å². The molecule has 120 valence electrons. The van der Waals surface area contributed by atoms with E-state index >= 15 is 0 Å². The molecule has 5 heteroatoms. The van der Waals surface area contributed by atoms with Crippen LogP contribution in [0.3, 0.4) is 0 Å². The van der Waals surface area contributed by atoms with Gasteiger partial charge in [0.15, 0.2) is 11.5 Å². The van der Waals surface area contributed by atoms with Crippen molar-refractivity contribution in [1.82, 2.24) is 5.32 Å². The molecule has 0 fully saturated rings. The van der Waals surface area contributed by atoms with E-state index in [2.05, 4.69) is 19.2 Å². The first kappa shape index (κ1) is 17.6. The Morgan fingerprint density at radius 3 is 2.00 bits per heavy atom. The highest BCUT2D eigenvalue weighted by molar-refractivity contribution is 5.54. The largest absolute Gasteiger partial charge is 0.493 e. The average Bonchev–Trinajstić information content (AvgIpc) is 2.51. The minimum Gasteiger partial charge on any atom is -0.493 e. The maximum atomic E-state index is 5.52. The summed E-state index contributed by atoms with van der Waals surface area (Å²) >= 11 is 0. The lowest BCUT2D eigenvalue weighted by Crippen LogP contribution is -2.29. The Labute approximate surface area is 127 Å².